The Morgan fingerprint density at radius 2 is 2.15 bits per heavy atom. The molecular weight excluding hydrogens is 296 g/mol. The van der Waals surface area contributed by atoms with Gasteiger partial charge in [0.1, 0.15) is 12.4 Å². The van der Waals surface area contributed by atoms with Crippen molar-refractivity contribution in [2.45, 2.75) is 6.42 Å². The van der Waals surface area contributed by atoms with Gasteiger partial charge in [-0.05, 0) is 24.3 Å². The van der Waals surface area contributed by atoms with E-state index in [2.05, 4.69) is 0 Å². The highest BCUT2D eigenvalue weighted by Crippen LogP contribution is 2.16. The molecule has 1 aliphatic rings. The number of nitrogen functional groups attached to an aromatic ring is 1. The van der Waals surface area contributed by atoms with Crippen molar-refractivity contribution in [3.8, 4) is 5.75 Å². The molecule has 0 unspecified atom stereocenters. The Morgan fingerprint density at radius 1 is 1.30 bits per heavy atom. The minimum absolute atomic E-state index is 0.00641. The number of rotatable bonds is 5. The lowest BCUT2D eigenvalue weighted by Crippen LogP contribution is -2.36. The molecule has 1 fully saturated rings. The van der Waals surface area contributed by atoms with E-state index in [1.54, 1.807) is 40.3 Å². The number of nitrogens with two attached hydrogens (primary N) is 1. The highest BCUT2D eigenvalue weighted by molar-refractivity contribution is 7.99. The van der Waals surface area contributed by atoms with Crippen LogP contribution in [-0.4, -0.2) is 49.7 Å². The van der Waals surface area contributed by atoms with E-state index in [1.165, 1.54) is 0 Å². The van der Waals surface area contributed by atoms with E-state index in [0.717, 1.165) is 17.9 Å². The summed E-state index contributed by atoms with van der Waals surface area (Å²) < 4.78 is 31.4. The van der Waals surface area contributed by atoms with Gasteiger partial charge in [-0.15, -0.1) is 0 Å². The first-order chi connectivity index (χ1) is 9.58. The lowest BCUT2D eigenvalue weighted by atomic mass is 10.3. The van der Waals surface area contributed by atoms with Gasteiger partial charge in [-0.2, -0.15) is 11.8 Å². The molecule has 2 rings (SSSR count). The molecule has 1 heterocycles. The first-order valence-electron chi connectivity index (χ1n) is 6.62. The number of thioether (sulfide) groups is 1. The standard InChI is InChI=1S/C13H20N2O3S2/c14-12-3-1-4-13(11-12)18-7-10-20(16,17)15-5-2-8-19-9-6-15/h1,3-4,11H,2,5-10,14H2. The second-order valence-corrected chi connectivity index (χ2v) is 7.92. The third-order valence-corrected chi connectivity index (χ3v) is 5.93. The molecule has 1 aliphatic heterocycles. The van der Waals surface area contributed by atoms with Crippen molar-refractivity contribution in [3.05, 3.63) is 24.3 Å². The van der Waals surface area contributed by atoms with Gasteiger partial charge in [-0.3, -0.25) is 0 Å². The molecule has 0 atom stereocenters. The SMILES string of the molecule is Nc1cccc(OCCS(=O)(=O)N2CCCSCC2)c1. The van der Waals surface area contributed by atoms with E-state index < -0.39 is 10.0 Å². The fourth-order valence-corrected chi connectivity index (χ4v) is 4.33. The fraction of sp³-hybridized carbons (Fsp3) is 0.538. The van der Waals surface area contributed by atoms with Gasteiger partial charge in [-0.1, -0.05) is 6.07 Å². The maximum atomic E-state index is 12.2. The van der Waals surface area contributed by atoms with Crippen molar-refractivity contribution in [1.29, 1.82) is 0 Å². The van der Waals surface area contributed by atoms with Crippen molar-refractivity contribution < 1.29 is 13.2 Å². The van der Waals surface area contributed by atoms with Crippen molar-refractivity contribution in [2.24, 2.45) is 0 Å². The molecule has 0 spiro atoms. The minimum Gasteiger partial charge on any atom is -0.492 e. The van der Waals surface area contributed by atoms with Gasteiger partial charge in [0, 0.05) is 30.6 Å². The second kappa shape index (κ2) is 7.19. The molecule has 0 saturated carbocycles. The number of nitrogens with zero attached hydrogens (tertiary/aromatic N) is 1. The lowest BCUT2D eigenvalue weighted by Gasteiger charge is -2.19. The monoisotopic (exact) mass is 316 g/mol. The minimum atomic E-state index is -3.22. The first kappa shape index (κ1) is 15.5. The Labute approximate surface area is 124 Å². The summed E-state index contributed by atoms with van der Waals surface area (Å²) in [6.45, 7) is 1.37. The van der Waals surface area contributed by atoms with Crippen LogP contribution >= 0.6 is 11.8 Å². The Bertz CT molecular complexity index is 526. The van der Waals surface area contributed by atoms with Gasteiger partial charge >= 0.3 is 0 Å². The molecule has 0 radical (unpaired) electrons. The van der Waals surface area contributed by atoms with Crippen LogP contribution < -0.4 is 10.5 Å². The zero-order valence-electron chi connectivity index (χ0n) is 11.3. The number of sulfonamides is 1. The number of hydrogen-bond donors (Lipinski definition) is 1. The van der Waals surface area contributed by atoms with Gasteiger partial charge in [0.15, 0.2) is 0 Å². The Hall–Kier alpha value is -0.920. The highest BCUT2D eigenvalue weighted by Gasteiger charge is 2.22. The van der Waals surface area contributed by atoms with Crippen LogP contribution in [0.15, 0.2) is 24.3 Å². The maximum absolute atomic E-state index is 12.2. The van der Waals surface area contributed by atoms with Gasteiger partial charge in [0.2, 0.25) is 10.0 Å². The van der Waals surface area contributed by atoms with Crippen molar-refractivity contribution in [2.75, 3.05) is 42.7 Å². The van der Waals surface area contributed by atoms with Crippen LogP contribution in [0.25, 0.3) is 0 Å². The average Bonchev–Trinajstić information content (AvgIpc) is 2.68. The van der Waals surface area contributed by atoms with Crippen LogP contribution in [0.5, 0.6) is 5.75 Å². The molecule has 0 amide bonds. The second-order valence-electron chi connectivity index (χ2n) is 4.60. The number of ether oxygens (including phenoxy) is 1. The zero-order chi connectivity index (χ0) is 14.4. The molecule has 5 nitrogen and oxygen atoms in total. The van der Waals surface area contributed by atoms with Crippen LogP contribution in [0, 0.1) is 0 Å². The third kappa shape index (κ3) is 4.57. The lowest BCUT2D eigenvalue weighted by molar-refractivity contribution is 0.335. The normalized spacial score (nSPS) is 17.6. The van der Waals surface area contributed by atoms with Crippen LogP contribution in [0.3, 0.4) is 0 Å². The van der Waals surface area contributed by atoms with Gasteiger partial charge in [-0.25, -0.2) is 12.7 Å². The van der Waals surface area contributed by atoms with E-state index in [4.69, 9.17) is 10.5 Å². The summed E-state index contributed by atoms with van der Waals surface area (Å²) in [5.74, 6) is 2.51. The topological polar surface area (TPSA) is 72.6 Å². The predicted molar refractivity (Wildman–Crippen MR) is 83.7 cm³/mol. The Kier molecular flexibility index (Phi) is 5.56. The molecule has 20 heavy (non-hydrogen) atoms. The predicted octanol–water partition coefficient (Wildman–Crippen LogP) is 1.42. The molecule has 1 saturated heterocycles. The largest absolute Gasteiger partial charge is 0.492 e. The summed E-state index contributed by atoms with van der Waals surface area (Å²) in [6, 6.07) is 7.00. The van der Waals surface area contributed by atoms with Crippen LogP contribution in [0.2, 0.25) is 0 Å². The summed E-state index contributed by atoms with van der Waals surface area (Å²) in [7, 11) is -3.22. The van der Waals surface area contributed by atoms with Crippen molar-refractivity contribution in [3.63, 3.8) is 0 Å². The highest BCUT2D eigenvalue weighted by atomic mass is 32.2. The summed E-state index contributed by atoms with van der Waals surface area (Å²) >= 11 is 1.81. The third-order valence-electron chi connectivity index (χ3n) is 3.04. The number of benzene rings is 1. The van der Waals surface area contributed by atoms with E-state index in [0.29, 0.717) is 24.5 Å². The molecule has 0 aromatic heterocycles. The van der Waals surface area contributed by atoms with Gasteiger partial charge < -0.3 is 10.5 Å². The molecule has 0 aliphatic carbocycles. The molecular formula is C13H20N2O3S2. The van der Waals surface area contributed by atoms with E-state index in [1.807, 2.05) is 0 Å². The number of hydrogen-bond acceptors (Lipinski definition) is 5. The Morgan fingerprint density at radius 3 is 2.95 bits per heavy atom. The molecule has 0 bridgehead atoms. The van der Waals surface area contributed by atoms with E-state index in [-0.39, 0.29) is 12.4 Å². The van der Waals surface area contributed by atoms with Crippen LogP contribution in [0.1, 0.15) is 6.42 Å². The van der Waals surface area contributed by atoms with E-state index in [9.17, 15) is 8.42 Å². The quantitative estimate of drug-likeness (QED) is 0.832. The summed E-state index contributed by atoms with van der Waals surface area (Å²) in [4.78, 5) is 0. The summed E-state index contributed by atoms with van der Waals surface area (Å²) in [5, 5.41) is 0. The average molecular weight is 316 g/mol. The first-order valence-corrected chi connectivity index (χ1v) is 9.38. The van der Waals surface area contributed by atoms with Gasteiger partial charge in [0.05, 0.1) is 5.75 Å². The summed E-state index contributed by atoms with van der Waals surface area (Å²) in [6.07, 6.45) is 0.917. The number of anilines is 1. The fourth-order valence-electron chi connectivity index (χ4n) is 2.00. The molecule has 1 aromatic carbocycles. The molecule has 1 aromatic rings. The Balaban J connectivity index is 1.85. The van der Waals surface area contributed by atoms with Crippen LogP contribution in [-0.2, 0) is 10.0 Å². The van der Waals surface area contributed by atoms with Crippen LogP contribution in [0.4, 0.5) is 5.69 Å². The van der Waals surface area contributed by atoms with Gasteiger partial charge in [0.25, 0.3) is 0 Å². The zero-order valence-corrected chi connectivity index (χ0v) is 13.0. The maximum Gasteiger partial charge on any atom is 0.217 e. The molecule has 112 valence electrons. The van der Waals surface area contributed by atoms with Crippen molar-refractivity contribution in [1.82, 2.24) is 4.31 Å². The molecule has 7 heteroatoms. The summed E-state index contributed by atoms with van der Waals surface area (Å²) in [5.41, 5.74) is 6.25. The van der Waals surface area contributed by atoms with Crippen molar-refractivity contribution >= 4 is 27.5 Å². The molecule has 2 N–H and O–H groups in total. The smallest absolute Gasteiger partial charge is 0.217 e. The van der Waals surface area contributed by atoms with E-state index >= 15 is 0 Å².